The van der Waals surface area contributed by atoms with Crippen LogP contribution in [0.4, 0.5) is 0 Å². The Morgan fingerprint density at radius 3 is 2.57 bits per heavy atom. The Balaban J connectivity index is 1.60. The average Bonchev–Trinajstić information content (AvgIpc) is 3.04. The van der Waals surface area contributed by atoms with Crippen molar-refractivity contribution in [2.75, 3.05) is 13.1 Å². The Morgan fingerprint density at radius 2 is 1.95 bits per heavy atom. The highest BCUT2D eigenvalue weighted by Gasteiger charge is 2.27. The second-order valence-electron chi connectivity index (χ2n) is 5.80. The van der Waals surface area contributed by atoms with Gasteiger partial charge in [0.15, 0.2) is 5.82 Å². The molecule has 0 N–H and O–H groups in total. The first-order valence-corrected chi connectivity index (χ1v) is 7.89. The molecule has 1 atom stereocenters. The zero-order valence-electron chi connectivity index (χ0n) is 12.8. The van der Waals surface area contributed by atoms with Crippen LogP contribution in [0.15, 0.2) is 34.9 Å². The van der Waals surface area contributed by atoms with Crippen molar-refractivity contribution in [2.45, 2.75) is 45.1 Å². The van der Waals surface area contributed by atoms with E-state index >= 15 is 0 Å². The van der Waals surface area contributed by atoms with E-state index in [0.29, 0.717) is 5.92 Å². The largest absolute Gasteiger partial charge is 0.338 e. The van der Waals surface area contributed by atoms with Crippen molar-refractivity contribution in [1.29, 1.82) is 0 Å². The average molecular weight is 285 g/mol. The van der Waals surface area contributed by atoms with E-state index < -0.39 is 0 Å². The summed E-state index contributed by atoms with van der Waals surface area (Å²) in [6.07, 6.45) is 3.22. The molecule has 1 saturated heterocycles. The maximum Gasteiger partial charge on any atom is 0.243 e. The summed E-state index contributed by atoms with van der Waals surface area (Å²) in [5, 5.41) is 4.00. The molecule has 4 nitrogen and oxygen atoms in total. The van der Waals surface area contributed by atoms with Gasteiger partial charge >= 0.3 is 0 Å². The predicted molar refractivity (Wildman–Crippen MR) is 82.1 cm³/mol. The Kier molecular flexibility index (Phi) is 4.34. The van der Waals surface area contributed by atoms with Crippen molar-refractivity contribution in [3.63, 3.8) is 0 Å². The molecule has 21 heavy (non-hydrogen) atoms. The lowest BCUT2D eigenvalue weighted by atomic mass is 9.89. The van der Waals surface area contributed by atoms with Crippen LogP contribution in [0.1, 0.15) is 55.9 Å². The van der Waals surface area contributed by atoms with Crippen LogP contribution in [0.5, 0.6) is 0 Å². The molecule has 0 bridgehead atoms. The van der Waals surface area contributed by atoms with Gasteiger partial charge in [-0.05, 0) is 44.3 Å². The van der Waals surface area contributed by atoms with Crippen LogP contribution >= 0.6 is 0 Å². The quantitative estimate of drug-likeness (QED) is 0.861. The van der Waals surface area contributed by atoms with E-state index in [1.807, 2.05) is 6.92 Å². The summed E-state index contributed by atoms with van der Waals surface area (Å²) in [6, 6.07) is 11.1. The fraction of sp³-hybridized carbons (Fsp3) is 0.529. The number of piperidine rings is 1. The summed E-state index contributed by atoms with van der Waals surface area (Å²) < 4.78 is 5.38. The van der Waals surface area contributed by atoms with Crippen LogP contribution in [0.25, 0.3) is 0 Å². The Morgan fingerprint density at radius 1 is 1.24 bits per heavy atom. The van der Waals surface area contributed by atoms with Gasteiger partial charge in [-0.3, -0.25) is 4.90 Å². The van der Waals surface area contributed by atoms with Crippen molar-refractivity contribution in [2.24, 2.45) is 0 Å². The molecule has 4 heteroatoms. The number of nitrogens with zero attached hydrogens (tertiary/aromatic N) is 3. The van der Waals surface area contributed by atoms with E-state index in [0.717, 1.165) is 31.2 Å². The summed E-state index contributed by atoms with van der Waals surface area (Å²) in [5.41, 5.74) is 1.47. The molecule has 0 aliphatic carbocycles. The number of benzene rings is 1. The summed E-state index contributed by atoms with van der Waals surface area (Å²) in [4.78, 5) is 6.91. The van der Waals surface area contributed by atoms with Gasteiger partial charge in [0, 0.05) is 6.42 Å². The third-order valence-electron chi connectivity index (χ3n) is 4.51. The van der Waals surface area contributed by atoms with E-state index in [9.17, 15) is 0 Å². The van der Waals surface area contributed by atoms with Crippen LogP contribution in [0, 0.1) is 0 Å². The van der Waals surface area contributed by atoms with Crippen molar-refractivity contribution < 1.29 is 4.52 Å². The highest BCUT2D eigenvalue weighted by atomic mass is 16.5. The molecular formula is C17H23N3O. The highest BCUT2D eigenvalue weighted by molar-refractivity contribution is 5.20. The molecule has 2 aromatic rings. The first-order valence-electron chi connectivity index (χ1n) is 7.89. The number of likely N-dealkylation sites (tertiary alicyclic amines) is 1. The minimum Gasteiger partial charge on any atom is -0.338 e. The molecule has 1 aromatic heterocycles. The van der Waals surface area contributed by atoms with E-state index in [4.69, 9.17) is 4.52 Å². The van der Waals surface area contributed by atoms with Crippen molar-refractivity contribution in [3.8, 4) is 0 Å². The lowest BCUT2D eigenvalue weighted by molar-refractivity contribution is 0.136. The first-order chi connectivity index (χ1) is 10.3. The van der Waals surface area contributed by atoms with Gasteiger partial charge in [-0.2, -0.15) is 4.98 Å². The van der Waals surface area contributed by atoms with Gasteiger partial charge in [0.1, 0.15) is 0 Å². The molecule has 0 radical (unpaired) electrons. The van der Waals surface area contributed by atoms with Gasteiger partial charge in [0.05, 0.1) is 6.04 Å². The fourth-order valence-corrected chi connectivity index (χ4v) is 3.08. The smallest absolute Gasteiger partial charge is 0.243 e. The predicted octanol–water partition coefficient (Wildman–Crippen LogP) is 3.57. The molecule has 1 fully saturated rings. The van der Waals surface area contributed by atoms with E-state index in [2.05, 4.69) is 52.3 Å². The Hall–Kier alpha value is -1.68. The molecule has 1 aromatic carbocycles. The maximum atomic E-state index is 5.38. The summed E-state index contributed by atoms with van der Waals surface area (Å²) in [5.74, 6) is 2.24. The number of aromatic nitrogens is 2. The van der Waals surface area contributed by atoms with Gasteiger partial charge in [-0.15, -0.1) is 0 Å². The Labute approximate surface area is 126 Å². The second-order valence-corrected chi connectivity index (χ2v) is 5.80. The molecule has 1 aliphatic heterocycles. The monoisotopic (exact) mass is 285 g/mol. The summed E-state index contributed by atoms with van der Waals surface area (Å²) in [6.45, 7) is 6.38. The van der Waals surface area contributed by atoms with Crippen LogP contribution < -0.4 is 0 Å². The second kappa shape index (κ2) is 6.39. The third kappa shape index (κ3) is 3.16. The number of rotatable bonds is 4. The van der Waals surface area contributed by atoms with Gasteiger partial charge in [-0.1, -0.05) is 42.4 Å². The van der Waals surface area contributed by atoms with Crippen molar-refractivity contribution in [3.05, 3.63) is 47.6 Å². The molecule has 2 heterocycles. The SMILES string of the molecule is CCc1noc(C(C)N2CCC(c3ccccc3)CC2)n1. The zero-order chi connectivity index (χ0) is 14.7. The molecule has 1 aliphatic rings. The normalized spacial score (nSPS) is 18.8. The Bertz CT molecular complexity index is 558. The van der Waals surface area contributed by atoms with Crippen LogP contribution in [-0.4, -0.2) is 28.1 Å². The molecule has 1 unspecified atom stereocenters. The fourth-order valence-electron chi connectivity index (χ4n) is 3.08. The van der Waals surface area contributed by atoms with Gasteiger partial charge in [0.25, 0.3) is 0 Å². The third-order valence-corrected chi connectivity index (χ3v) is 4.51. The van der Waals surface area contributed by atoms with Gasteiger partial charge in [-0.25, -0.2) is 0 Å². The zero-order valence-corrected chi connectivity index (χ0v) is 12.8. The summed E-state index contributed by atoms with van der Waals surface area (Å²) in [7, 11) is 0. The highest BCUT2D eigenvalue weighted by Crippen LogP contribution is 2.31. The lowest BCUT2D eigenvalue weighted by Crippen LogP contribution is -2.35. The molecule has 112 valence electrons. The number of hydrogen-bond donors (Lipinski definition) is 0. The molecule has 3 rings (SSSR count). The van der Waals surface area contributed by atoms with E-state index in [1.54, 1.807) is 0 Å². The van der Waals surface area contributed by atoms with Crippen LogP contribution in [-0.2, 0) is 6.42 Å². The van der Waals surface area contributed by atoms with E-state index in [-0.39, 0.29) is 6.04 Å². The molecule has 0 saturated carbocycles. The molecular weight excluding hydrogens is 262 g/mol. The molecule has 0 amide bonds. The van der Waals surface area contributed by atoms with Crippen molar-refractivity contribution in [1.82, 2.24) is 15.0 Å². The maximum absolute atomic E-state index is 5.38. The first kappa shape index (κ1) is 14.3. The lowest BCUT2D eigenvalue weighted by Gasteiger charge is -2.34. The molecule has 0 spiro atoms. The van der Waals surface area contributed by atoms with Crippen molar-refractivity contribution >= 4 is 0 Å². The number of aryl methyl sites for hydroxylation is 1. The summed E-state index contributed by atoms with van der Waals surface area (Å²) >= 11 is 0. The minimum absolute atomic E-state index is 0.217. The van der Waals surface area contributed by atoms with Gasteiger partial charge in [0.2, 0.25) is 5.89 Å². The minimum atomic E-state index is 0.217. The topological polar surface area (TPSA) is 42.2 Å². The van der Waals surface area contributed by atoms with Gasteiger partial charge < -0.3 is 4.52 Å². The van der Waals surface area contributed by atoms with Crippen LogP contribution in [0.3, 0.4) is 0 Å². The van der Waals surface area contributed by atoms with E-state index in [1.165, 1.54) is 18.4 Å². The standard InChI is InChI=1S/C17H23N3O/c1-3-16-18-17(21-19-16)13(2)20-11-9-15(10-12-20)14-7-5-4-6-8-14/h4-8,13,15H,3,9-12H2,1-2H3. The number of hydrogen-bond acceptors (Lipinski definition) is 4. The van der Waals surface area contributed by atoms with Crippen LogP contribution in [0.2, 0.25) is 0 Å².